The summed E-state index contributed by atoms with van der Waals surface area (Å²) in [6.45, 7) is -0.0137. The molecule has 0 spiro atoms. The molecule has 2 N–H and O–H groups in total. The van der Waals surface area contributed by atoms with Crippen molar-refractivity contribution < 1.29 is 22.8 Å². The Balaban J connectivity index is 2.27. The fraction of sp³-hybridized carbons (Fsp3) is 0.333. The maximum absolute atomic E-state index is 11.9. The number of nitrogens with one attached hydrogen (secondary N) is 2. The third kappa shape index (κ3) is 5.12. The molecular formula is C12H13F3N2O2S. The Bertz CT molecular complexity index is 492. The van der Waals surface area contributed by atoms with Gasteiger partial charge in [0.2, 0.25) is 0 Å². The molecule has 0 aromatic heterocycles. The van der Waals surface area contributed by atoms with Crippen LogP contribution in [0.15, 0.2) is 29.2 Å². The van der Waals surface area contributed by atoms with E-state index in [4.69, 9.17) is 0 Å². The van der Waals surface area contributed by atoms with Gasteiger partial charge >= 0.3 is 12.1 Å². The molecule has 0 aliphatic rings. The van der Waals surface area contributed by atoms with Crippen LogP contribution >= 0.6 is 12.6 Å². The molecule has 110 valence electrons. The fourth-order valence-corrected chi connectivity index (χ4v) is 1.62. The van der Waals surface area contributed by atoms with Crippen molar-refractivity contribution in [1.29, 1.82) is 0 Å². The van der Waals surface area contributed by atoms with Crippen molar-refractivity contribution in [2.45, 2.75) is 17.5 Å². The summed E-state index contributed by atoms with van der Waals surface area (Å²) in [6.07, 6.45) is -4.68. The van der Waals surface area contributed by atoms with Gasteiger partial charge in [-0.2, -0.15) is 13.2 Å². The molecule has 0 saturated carbocycles. The van der Waals surface area contributed by atoms with Gasteiger partial charge in [-0.1, -0.05) is 12.1 Å². The SMILES string of the molecule is O=C(NCCCNC(=O)C(F)(F)F)c1ccccc1S. The van der Waals surface area contributed by atoms with Crippen LogP contribution in [0.2, 0.25) is 0 Å². The molecule has 8 heteroatoms. The van der Waals surface area contributed by atoms with Crippen LogP contribution < -0.4 is 10.6 Å². The van der Waals surface area contributed by atoms with Gasteiger partial charge in [-0.15, -0.1) is 12.6 Å². The fourth-order valence-electron chi connectivity index (χ4n) is 1.35. The maximum Gasteiger partial charge on any atom is 0.471 e. The van der Waals surface area contributed by atoms with E-state index in [9.17, 15) is 22.8 Å². The predicted octanol–water partition coefficient (Wildman–Crippen LogP) is 1.77. The molecule has 4 nitrogen and oxygen atoms in total. The molecule has 0 heterocycles. The predicted molar refractivity (Wildman–Crippen MR) is 69.7 cm³/mol. The zero-order valence-corrected chi connectivity index (χ0v) is 11.2. The quantitative estimate of drug-likeness (QED) is 0.574. The Kier molecular flexibility index (Phi) is 5.87. The van der Waals surface area contributed by atoms with Gasteiger partial charge in [0.25, 0.3) is 5.91 Å². The molecule has 0 aliphatic carbocycles. The molecule has 0 saturated heterocycles. The number of hydrogen-bond acceptors (Lipinski definition) is 3. The average Bonchev–Trinajstić information content (AvgIpc) is 2.37. The number of hydrogen-bond donors (Lipinski definition) is 3. The van der Waals surface area contributed by atoms with Gasteiger partial charge in [0.15, 0.2) is 0 Å². The standard InChI is InChI=1S/C12H13F3N2O2S/c13-12(14,15)11(19)17-7-3-6-16-10(18)8-4-1-2-5-9(8)20/h1-2,4-5,20H,3,6-7H2,(H,16,18)(H,17,19). The van der Waals surface area contributed by atoms with Gasteiger partial charge < -0.3 is 10.6 Å². The van der Waals surface area contributed by atoms with E-state index < -0.39 is 12.1 Å². The largest absolute Gasteiger partial charge is 0.471 e. The number of rotatable bonds is 5. The van der Waals surface area contributed by atoms with Gasteiger partial charge in [-0.05, 0) is 18.6 Å². The smallest absolute Gasteiger partial charge is 0.352 e. The minimum Gasteiger partial charge on any atom is -0.352 e. The molecule has 2 amide bonds. The van der Waals surface area contributed by atoms with Crippen molar-refractivity contribution in [2.24, 2.45) is 0 Å². The van der Waals surface area contributed by atoms with E-state index in [1.165, 1.54) is 0 Å². The summed E-state index contributed by atoms with van der Waals surface area (Å²) in [5, 5.41) is 4.25. The van der Waals surface area contributed by atoms with Crippen molar-refractivity contribution in [2.75, 3.05) is 13.1 Å². The second kappa shape index (κ2) is 7.18. The second-order valence-corrected chi connectivity index (χ2v) is 4.36. The van der Waals surface area contributed by atoms with E-state index in [2.05, 4.69) is 17.9 Å². The minimum atomic E-state index is -4.88. The van der Waals surface area contributed by atoms with Crippen LogP contribution in [0.1, 0.15) is 16.8 Å². The molecule has 0 bridgehead atoms. The summed E-state index contributed by atoms with van der Waals surface area (Å²) in [7, 11) is 0. The lowest BCUT2D eigenvalue weighted by atomic mass is 10.2. The molecule has 1 rings (SSSR count). The highest BCUT2D eigenvalue weighted by Gasteiger charge is 2.38. The monoisotopic (exact) mass is 306 g/mol. The molecule has 20 heavy (non-hydrogen) atoms. The molecule has 0 fully saturated rings. The Morgan fingerprint density at radius 1 is 1.10 bits per heavy atom. The van der Waals surface area contributed by atoms with E-state index >= 15 is 0 Å². The Morgan fingerprint density at radius 3 is 2.30 bits per heavy atom. The molecule has 0 aliphatic heterocycles. The topological polar surface area (TPSA) is 58.2 Å². The molecule has 0 radical (unpaired) electrons. The first-order valence-electron chi connectivity index (χ1n) is 5.73. The average molecular weight is 306 g/mol. The summed E-state index contributed by atoms with van der Waals surface area (Å²) in [6, 6.07) is 6.65. The number of alkyl halides is 3. The van der Waals surface area contributed by atoms with Crippen molar-refractivity contribution in [3.8, 4) is 0 Å². The van der Waals surface area contributed by atoms with Crippen molar-refractivity contribution in [3.63, 3.8) is 0 Å². The molecule has 1 aromatic carbocycles. The van der Waals surface area contributed by atoms with Crippen LogP contribution in [0.4, 0.5) is 13.2 Å². The highest BCUT2D eigenvalue weighted by atomic mass is 32.1. The summed E-state index contributed by atoms with van der Waals surface area (Å²) in [5.41, 5.74) is 0.384. The maximum atomic E-state index is 11.9. The zero-order valence-electron chi connectivity index (χ0n) is 10.3. The highest BCUT2D eigenvalue weighted by molar-refractivity contribution is 7.80. The zero-order chi connectivity index (χ0) is 15.2. The van der Waals surface area contributed by atoms with E-state index in [1.54, 1.807) is 29.6 Å². The summed E-state index contributed by atoms with van der Waals surface area (Å²) in [4.78, 5) is 22.7. The summed E-state index contributed by atoms with van der Waals surface area (Å²) in [5.74, 6) is -2.35. The first-order chi connectivity index (χ1) is 9.32. The van der Waals surface area contributed by atoms with Gasteiger partial charge in [0.1, 0.15) is 0 Å². The lowest BCUT2D eigenvalue weighted by molar-refractivity contribution is -0.173. The van der Waals surface area contributed by atoms with Crippen molar-refractivity contribution in [1.82, 2.24) is 10.6 Å². The molecule has 1 aromatic rings. The van der Waals surface area contributed by atoms with Crippen LogP contribution in [0, 0.1) is 0 Å². The Labute approximate surface area is 119 Å². The van der Waals surface area contributed by atoms with Gasteiger partial charge in [0, 0.05) is 18.0 Å². The van der Waals surface area contributed by atoms with Crippen LogP contribution in [0.5, 0.6) is 0 Å². The van der Waals surface area contributed by atoms with E-state index in [1.807, 2.05) is 0 Å². The van der Waals surface area contributed by atoms with E-state index in [-0.39, 0.29) is 25.4 Å². The first kappa shape index (κ1) is 16.4. The van der Waals surface area contributed by atoms with Crippen molar-refractivity contribution >= 4 is 24.4 Å². The molecule has 0 unspecified atom stereocenters. The number of amides is 2. The third-order valence-corrected chi connectivity index (χ3v) is 2.72. The number of carbonyl (C=O) groups is 2. The van der Waals surface area contributed by atoms with Crippen LogP contribution in [0.25, 0.3) is 0 Å². The van der Waals surface area contributed by atoms with Gasteiger partial charge in [-0.3, -0.25) is 9.59 Å². The number of thiol groups is 1. The minimum absolute atomic E-state index is 0.152. The van der Waals surface area contributed by atoms with Crippen LogP contribution in [0.3, 0.4) is 0 Å². The van der Waals surface area contributed by atoms with Gasteiger partial charge in [0.05, 0.1) is 5.56 Å². The molecular weight excluding hydrogens is 293 g/mol. The van der Waals surface area contributed by atoms with E-state index in [0.717, 1.165) is 0 Å². The third-order valence-electron chi connectivity index (χ3n) is 2.33. The van der Waals surface area contributed by atoms with E-state index in [0.29, 0.717) is 10.5 Å². The number of halogens is 3. The van der Waals surface area contributed by atoms with Gasteiger partial charge in [-0.25, -0.2) is 0 Å². The van der Waals surface area contributed by atoms with Crippen LogP contribution in [-0.4, -0.2) is 31.1 Å². The lowest BCUT2D eigenvalue weighted by Crippen LogP contribution is -2.38. The number of carbonyl (C=O) groups excluding carboxylic acids is 2. The summed E-state index contributed by atoms with van der Waals surface area (Å²) >= 11 is 4.12. The Hall–Kier alpha value is -1.70. The molecule has 0 atom stereocenters. The Morgan fingerprint density at radius 2 is 1.70 bits per heavy atom. The van der Waals surface area contributed by atoms with Crippen molar-refractivity contribution in [3.05, 3.63) is 29.8 Å². The number of benzene rings is 1. The first-order valence-corrected chi connectivity index (χ1v) is 6.18. The van der Waals surface area contributed by atoms with Crippen LogP contribution in [-0.2, 0) is 4.79 Å². The normalized spacial score (nSPS) is 11.0. The second-order valence-electron chi connectivity index (χ2n) is 3.88. The highest BCUT2D eigenvalue weighted by Crippen LogP contribution is 2.14. The summed E-state index contributed by atoms with van der Waals surface area (Å²) < 4.78 is 35.6. The lowest BCUT2D eigenvalue weighted by Gasteiger charge is -2.09.